The normalized spacial score (nSPS) is 25.6. The van der Waals surface area contributed by atoms with Gasteiger partial charge >= 0.3 is 6.18 Å². The molecule has 2 aliphatic heterocycles. The second kappa shape index (κ2) is 8.48. The molecule has 0 aliphatic carbocycles. The molecule has 0 radical (unpaired) electrons. The Labute approximate surface area is 161 Å². The van der Waals surface area contributed by atoms with Gasteiger partial charge in [0, 0.05) is 26.1 Å². The van der Waals surface area contributed by atoms with Gasteiger partial charge in [-0.3, -0.25) is 9.59 Å². The van der Waals surface area contributed by atoms with Gasteiger partial charge in [0.05, 0.1) is 17.6 Å². The first-order chi connectivity index (χ1) is 13.3. The Balaban J connectivity index is 1.59. The summed E-state index contributed by atoms with van der Waals surface area (Å²) in [5.41, 5.74) is -0.228. The molecule has 3 rings (SSSR count). The van der Waals surface area contributed by atoms with Crippen LogP contribution in [0.15, 0.2) is 24.3 Å². The van der Waals surface area contributed by atoms with Crippen molar-refractivity contribution in [3.05, 3.63) is 35.4 Å². The molecule has 0 saturated carbocycles. The molecule has 0 bridgehead atoms. The second-order valence-corrected chi connectivity index (χ2v) is 7.35. The van der Waals surface area contributed by atoms with Crippen molar-refractivity contribution in [2.45, 2.75) is 44.1 Å². The van der Waals surface area contributed by atoms with Crippen LogP contribution < -0.4 is 10.6 Å². The van der Waals surface area contributed by atoms with Gasteiger partial charge in [-0.1, -0.05) is 12.1 Å². The highest BCUT2D eigenvalue weighted by Gasteiger charge is 2.41. The van der Waals surface area contributed by atoms with Gasteiger partial charge in [-0.2, -0.15) is 13.2 Å². The molecule has 2 heterocycles. The van der Waals surface area contributed by atoms with Crippen molar-refractivity contribution in [3.63, 3.8) is 0 Å². The Hall–Kier alpha value is -2.13. The molecular formula is C19H24F3N3O3. The fourth-order valence-corrected chi connectivity index (χ4v) is 3.72. The lowest BCUT2D eigenvalue weighted by Gasteiger charge is -2.30. The van der Waals surface area contributed by atoms with Gasteiger partial charge < -0.3 is 20.6 Å². The van der Waals surface area contributed by atoms with Crippen molar-refractivity contribution in [1.29, 1.82) is 0 Å². The smallest absolute Gasteiger partial charge is 0.391 e. The molecule has 3 atom stereocenters. The first kappa shape index (κ1) is 20.6. The number of hydrogen-bond acceptors (Lipinski definition) is 4. The van der Waals surface area contributed by atoms with Crippen LogP contribution in [-0.2, 0) is 22.3 Å². The van der Waals surface area contributed by atoms with Crippen LogP contribution in [0, 0.1) is 5.92 Å². The number of alkyl halides is 3. The summed E-state index contributed by atoms with van der Waals surface area (Å²) in [5.74, 6) is -0.753. The number of likely N-dealkylation sites (tertiary alicyclic amines) is 1. The molecule has 2 saturated heterocycles. The van der Waals surface area contributed by atoms with Crippen LogP contribution in [-0.4, -0.2) is 53.6 Å². The van der Waals surface area contributed by atoms with E-state index in [0.717, 1.165) is 31.5 Å². The molecule has 2 fully saturated rings. The Kier molecular flexibility index (Phi) is 6.24. The monoisotopic (exact) mass is 399 g/mol. The summed E-state index contributed by atoms with van der Waals surface area (Å²) in [6, 6.07) is 3.78. The largest absolute Gasteiger partial charge is 0.416 e. The van der Waals surface area contributed by atoms with Gasteiger partial charge in [0.1, 0.15) is 6.04 Å². The fourth-order valence-electron chi connectivity index (χ4n) is 3.72. The van der Waals surface area contributed by atoms with Crippen LogP contribution in [0.3, 0.4) is 0 Å². The van der Waals surface area contributed by atoms with E-state index in [4.69, 9.17) is 0 Å². The number of halogens is 3. The number of carbonyl (C=O) groups is 2. The van der Waals surface area contributed by atoms with E-state index in [9.17, 15) is 27.9 Å². The van der Waals surface area contributed by atoms with Crippen molar-refractivity contribution >= 4 is 11.8 Å². The van der Waals surface area contributed by atoms with E-state index in [1.54, 1.807) is 0 Å². The van der Waals surface area contributed by atoms with Crippen molar-refractivity contribution in [3.8, 4) is 0 Å². The van der Waals surface area contributed by atoms with Crippen molar-refractivity contribution in [2.75, 3.05) is 19.6 Å². The quantitative estimate of drug-likeness (QED) is 0.713. The number of piperidine rings is 1. The predicted molar refractivity (Wildman–Crippen MR) is 95.0 cm³/mol. The zero-order chi connectivity index (χ0) is 20.3. The summed E-state index contributed by atoms with van der Waals surface area (Å²) in [4.78, 5) is 26.8. The Morgan fingerprint density at radius 1 is 1.25 bits per heavy atom. The first-order valence-electron chi connectivity index (χ1n) is 9.39. The molecule has 0 spiro atoms. The van der Waals surface area contributed by atoms with E-state index in [1.807, 2.05) is 0 Å². The van der Waals surface area contributed by atoms with Crippen LogP contribution in [0.25, 0.3) is 0 Å². The van der Waals surface area contributed by atoms with E-state index < -0.39 is 29.8 Å². The van der Waals surface area contributed by atoms with E-state index >= 15 is 0 Å². The highest BCUT2D eigenvalue weighted by atomic mass is 19.4. The Bertz CT molecular complexity index is 703. The minimum atomic E-state index is -4.41. The number of aliphatic hydroxyl groups excluding tert-OH is 1. The number of aliphatic hydroxyl groups is 1. The lowest BCUT2D eigenvalue weighted by atomic mass is 9.97. The van der Waals surface area contributed by atoms with E-state index in [2.05, 4.69) is 10.6 Å². The first-order valence-corrected chi connectivity index (χ1v) is 9.39. The van der Waals surface area contributed by atoms with Crippen molar-refractivity contribution < 1.29 is 27.9 Å². The molecule has 2 amide bonds. The summed E-state index contributed by atoms with van der Waals surface area (Å²) in [5, 5.41) is 15.8. The highest BCUT2D eigenvalue weighted by molar-refractivity contribution is 5.89. The third-order valence-electron chi connectivity index (χ3n) is 5.26. The zero-order valence-electron chi connectivity index (χ0n) is 15.3. The van der Waals surface area contributed by atoms with Crippen LogP contribution in [0.2, 0.25) is 0 Å². The molecule has 2 aliphatic rings. The van der Waals surface area contributed by atoms with Gasteiger partial charge in [-0.25, -0.2) is 0 Å². The lowest BCUT2D eigenvalue weighted by Crippen LogP contribution is -2.50. The maximum absolute atomic E-state index is 12.8. The molecule has 1 aromatic rings. The Morgan fingerprint density at radius 3 is 2.57 bits per heavy atom. The average Bonchev–Trinajstić information content (AvgIpc) is 3.07. The molecule has 28 heavy (non-hydrogen) atoms. The summed E-state index contributed by atoms with van der Waals surface area (Å²) in [7, 11) is 0. The van der Waals surface area contributed by atoms with Crippen LogP contribution in [0.4, 0.5) is 13.2 Å². The average molecular weight is 399 g/mol. The second-order valence-electron chi connectivity index (χ2n) is 7.35. The maximum atomic E-state index is 12.8. The van der Waals surface area contributed by atoms with E-state index in [-0.39, 0.29) is 31.3 Å². The van der Waals surface area contributed by atoms with Crippen LogP contribution in [0.5, 0.6) is 0 Å². The summed E-state index contributed by atoms with van der Waals surface area (Å²) >= 11 is 0. The third kappa shape index (κ3) is 4.82. The number of rotatable bonds is 4. The minimum Gasteiger partial charge on any atom is -0.391 e. The molecule has 6 nitrogen and oxygen atoms in total. The summed E-state index contributed by atoms with van der Waals surface area (Å²) < 4.78 is 37.8. The third-order valence-corrected chi connectivity index (χ3v) is 5.26. The van der Waals surface area contributed by atoms with Crippen LogP contribution in [0.1, 0.15) is 30.4 Å². The number of nitrogens with zero attached hydrogens (tertiary/aromatic N) is 1. The number of hydrogen-bond donors (Lipinski definition) is 3. The van der Waals surface area contributed by atoms with Gasteiger partial charge in [0.25, 0.3) is 0 Å². The molecule has 3 N–H and O–H groups in total. The minimum absolute atomic E-state index is 0.0522. The van der Waals surface area contributed by atoms with E-state index in [1.165, 1.54) is 17.0 Å². The number of nitrogens with one attached hydrogen (secondary N) is 2. The standard InChI is InChI=1S/C19H24F3N3O3/c20-19(21,22)14-5-3-12(4-6-14)9-24-17(27)16-8-15(26)11-25(16)18(28)13-2-1-7-23-10-13/h3-6,13,15-16,23,26H,1-2,7-11H2,(H,24,27). The number of amides is 2. The summed E-state index contributed by atoms with van der Waals surface area (Å²) in [6.07, 6.45) is -3.38. The molecule has 0 aromatic heterocycles. The maximum Gasteiger partial charge on any atom is 0.416 e. The Morgan fingerprint density at radius 2 is 1.96 bits per heavy atom. The fraction of sp³-hybridized carbons (Fsp3) is 0.579. The lowest BCUT2D eigenvalue weighted by molar-refractivity contribution is -0.142. The number of β-amino-alcohol motifs (C(OH)–C–C–N with tert-alkyl or cyclic N) is 1. The molecule has 3 unspecified atom stereocenters. The van der Waals surface area contributed by atoms with Crippen molar-refractivity contribution in [2.24, 2.45) is 5.92 Å². The van der Waals surface area contributed by atoms with E-state index in [0.29, 0.717) is 12.1 Å². The van der Waals surface area contributed by atoms with Gasteiger partial charge in [0.2, 0.25) is 11.8 Å². The van der Waals surface area contributed by atoms with Gasteiger partial charge in [-0.05, 0) is 37.1 Å². The highest BCUT2D eigenvalue weighted by Crippen LogP contribution is 2.29. The molecular weight excluding hydrogens is 375 g/mol. The molecule has 1 aromatic carbocycles. The topological polar surface area (TPSA) is 81.7 Å². The van der Waals surface area contributed by atoms with Crippen LogP contribution >= 0.6 is 0 Å². The van der Waals surface area contributed by atoms with Crippen molar-refractivity contribution in [1.82, 2.24) is 15.5 Å². The summed E-state index contributed by atoms with van der Waals surface area (Å²) in [6.45, 7) is 1.60. The zero-order valence-corrected chi connectivity index (χ0v) is 15.3. The van der Waals surface area contributed by atoms with Gasteiger partial charge in [-0.15, -0.1) is 0 Å². The van der Waals surface area contributed by atoms with Gasteiger partial charge in [0.15, 0.2) is 0 Å². The number of carbonyl (C=O) groups excluding carboxylic acids is 2. The number of benzene rings is 1. The predicted octanol–water partition coefficient (Wildman–Crippen LogP) is 1.28. The molecule has 9 heteroatoms. The molecule has 154 valence electrons. The SMILES string of the molecule is O=C(NCc1ccc(C(F)(F)F)cc1)C1CC(O)CN1C(=O)C1CCCNC1.